The van der Waals surface area contributed by atoms with E-state index in [1.807, 2.05) is 6.92 Å². The van der Waals surface area contributed by atoms with Crippen molar-refractivity contribution in [3.05, 3.63) is 23.5 Å². The maximum atomic E-state index is 11.8. The van der Waals surface area contributed by atoms with Crippen LogP contribution in [0.3, 0.4) is 0 Å². The summed E-state index contributed by atoms with van der Waals surface area (Å²) in [5.41, 5.74) is 1.57. The summed E-state index contributed by atoms with van der Waals surface area (Å²) in [5.74, 6) is 0.549. The number of aromatic nitrogens is 1. The van der Waals surface area contributed by atoms with Gasteiger partial charge in [-0.25, -0.2) is 0 Å². The molecule has 102 valence electrons. The van der Waals surface area contributed by atoms with E-state index in [1.165, 1.54) is 0 Å². The minimum atomic E-state index is -4.30. The van der Waals surface area contributed by atoms with E-state index >= 15 is 0 Å². The fraction of sp³-hybridized carbons (Fsp3) is 0.545. The van der Waals surface area contributed by atoms with E-state index in [0.29, 0.717) is 16.8 Å². The Balaban J connectivity index is 2.35. The van der Waals surface area contributed by atoms with Crippen LogP contribution in [0.25, 0.3) is 0 Å². The third kappa shape index (κ3) is 5.68. The molecule has 18 heavy (non-hydrogen) atoms. The number of hydrogen-bond acceptors (Lipinski definition) is 3. The van der Waals surface area contributed by atoms with Gasteiger partial charge in [-0.1, -0.05) is 15.9 Å². The van der Waals surface area contributed by atoms with E-state index in [9.17, 15) is 13.2 Å². The van der Waals surface area contributed by atoms with Gasteiger partial charge in [0.05, 0.1) is 12.3 Å². The van der Waals surface area contributed by atoms with E-state index < -0.39 is 12.8 Å². The van der Waals surface area contributed by atoms with Crippen LogP contribution in [0.4, 0.5) is 13.2 Å². The smallest absolute Gasteiger partial charge is 0.411 e. The fourth-order valence-corrected chi connectivity index (χ4v) is 1.63. The Morgan fingerprint density at radius 2 is 2.00 bits per heavy atom. The monoisotopic (exact) mass is 327 g/mol. The average Bonchev–Trinajstić information content (AvgIpc) is 2.28. The minimum Gasteiger partial charge on any atom is -0.489 e. The van der Waals surface area contributed by atoms with Crippen LogP contribution in [0.2, 0.25) is 0 Å². The van der Waals surface area contributed by atoms with Crippen LogP contribution in [0.5, 0.6) is 5.75 Å². The first kappa shape index (κ1) is 15.2. The van der Waals surface area contributed by atoms with Crippen LogP contribution < -0.4 is 4.74 Å². The van der Waals surface area contributed by atoms with Gasteiger partial charge in [0.2, 0.25) is 0 Å². The molecule has 7 heteroatoms. The lowest BCUT2D eigenvalue weighted by Crippen LogP contribution is -2.19. The van der Waals surface area contributed by atoms with Gasteiger partial charge in [-0.15, -0.1) is 0 Å². The standard InChI is InChI=1S/C11H13BrF3NO2/c1-8-2-3-10(9(6-12)16-8)18-5-4-17-7-11(13,14)15/h2-3H,4-7H2,1H3. The highest BCUT2D eigenvalue weighted by atomic mass is 79.9. The predicted molar refractivity (Wildman–Crippen MR) is 64.0 cm³/mol. The predicted octanol–water partition coefficient (Wildman–Crippen LogP) is 3.24. The number of pyridine rings is 1. The molecular formula is C11H13BrF3NO2. The van der Waals surface area contributed by atoms with Gasteiger partial charge in [-0.05, 0) is 19.1 Å². The van der Waals surface area contributed by atoms with Crippen LogP contribution in [-0.2, 0) is 10.1 Å². The van der Waals surface area contributed by atoms with Crippen LogP contribution in [0.15, 0.2) is 12.1 Å². The summed E-state index contributed by atoms with van der Waals surface area (Å²) in [6.07, 6.45) is -4.30. The quantitative estimate of drug-likeness (QED) is 0.593. The molecule has 0 aliphatic rings. The Morgan fingerprint density at radius 3 is 2.61 bits per heavy atom. The third-order valence-electron chi connectivity index (χ3n) is 1.95. The van der Waals surface area contributed by atoms with Crippen molar-refractivity contribution in [2.75, 3.05) is 19.8 Å². The number of alkyl halides is 4. The molecule has 1 rings (SSSR count). The van der Waals surface area contributed by atoms with Crippen molar-refractivity contribution < 1.29 is 22.6 Å². The van der Waals surface area contributed by atoms with E-state index in [4.69, 9.17) is 4.74 Å². The number of rotatable bonds is 6. The number of ether oxygens (including phenoxy) is 2. The third-order valence-corrected chi connectivity index (χ3v) is 2.48. The van der Waals surface area contributed by atoms with Crippen molar-refractivity contribution in [1.82, 2.24) is 4.98 Å². The SMILES string of the molecule is Cc1ccc(OCCOCC(F)(F)F)c(CBr)n1. The summed E-state index contributed by atoms with van der Waals surface area (Å²) < 4.78 is 45.1. The average molecular weight is 328 g/mol. The van der Waals surface area contributed by atoms with Crippen LogP contribution in [-0.4, -0.2) is 31.0 Å². The second-order valence-electron chi connectivity index (χ2n) is 3.55. The zero-order chi connectivity index (χ0) is 13.6. The first-order chi connectivity index (χ1) is 8.42. The molecule has 0 radical (unpaired) electrons. The Bertz CT molecular complexity index is 385. The molecule has 0 aromatic carbocycles. The van der Waals surface area contributed by atoms with Gasteiger partial charge in [0.1, 0.15) is 19.0 Å². The molecule has 0 atom stereocenters. The molecule has 0 unspecified atom stereocenters. The van der Waals surface area contributed by atoms with Crippen molar-refractivity contribution >= 4 is 15.9 Å². The molecule has 0 saturated carbocycles. The molecule has 0 bridgehead atoms. The molecule has 0 saturated heterocycles. The molecule has 0 N–H and O–H groups in total. The van der Waals surface area contributed by atoms with Gasteiger partial charge in [-0.2, -0.15) is 13.2 Å². The first-order valence-electron chi connectivity index (χ1n) is 5.22. The van der Waals surface area contributed by atoms with Crippen molar-refractivity contribution in [1.29, 1.82) is 0 Å². The highest BCUT2D eigenvalue weighted by Crippen LogP contribution is 2.19. The summed E-state index contributed by atoms with van der Waals surface area (Å²) in [4.78, 5) is 4.24. The van der Waals surface area contributed by atoms with Gasteiger partial charge in [0.25, 0.3) is 0 Å². The molecule has 3 nitrogen and oxygen atoms in total. The van der Waals surface area contributed by atoms with E-state index in [-0.39, 0.29) is 13.2 Å². The van der Waals surface area contributed by atoms with Gasteiger partial charge in [0, 0.05) is 11.0 Å². The lowest BCUT2D eigenvalue weighted by Gasteiger charge is -2.11. The lowest BCUT2D eigenvalue weighted by atomic mass is 10.3. The molecule has 1 heterocycles. The van der Waals surface area contributed by atoms with E-state index in [2.05, 4.69) is 25.7 Å². The molecular weight excluding hydrogens is 315 g/mol. The normalized spacial score (nSPS) is 11.6. The second kappa shape index (κ2) is 6.94. The number of nitrogens with zero attached hydrogens (tertiary/aromatic N) is 1. The molecule has 0 amide bonds. The molecule has 0 fully saturated rings. The summed E-state index contributed by atoms with van der Waals surface area (Å²) in [6, 6.07) is 3.51. The van der Waals surface area contributed by atoms with Gasteiger partial charge in [-0.3, -0.25) is 4.98 Å². The van der Waals surface area contributed by atoms with Crippen molar-refractivity contribution in [2.24, 2.45) is 0 Å². The highest BCUT2D eigenvalue weighted by molar-refractivity contribution is 9.08. The summed E-state index contributed by atoms with van der Waals surface area (Å²) in [5, 5.41) is 0.521. The molecule has 0 aliphatic heterocycles. The molecule has 1 aromatic rings. The van der Waals surface area contributed by atoms with Gasteiger partial charge < -0.3 is 9.47 Å². The Hall–Kier alpha value is -0.820. The number of hydrogen-bond donors (Lipinski definition) is 0. The molecule has 0 aliphatic carbocycles. The van der Waals surface area contributed by atoms with Gasteiger partial charge >= 0.3 is 6.18 Å². The maximum absolute atomic E-state index is 11.8. The van der Waals surface area contributed by atoms with Gasteiger partial charge in [0.15, 0.2) is 0 Å². The number of aryl methyl sites for hydroxylation is 1. The van der Waals surface area contributed by atoms with Crippen molar-refractivity contribution in [3.63, 3.8) is 0 Å². The zero-order valence-electron chi connectivity index (χ0n) is 9.76. The van der Waals surface area contributed by atoms with Crippen molar-refractivity contribution in [3.8, 4) is 5.75 Å². The topological polar surface area (TPSA) is 31.4 Å². The Kier molecular flexibility index (Phi) is 5.87. The van der Waals surface area contributed by atoms with Crippen LogP contribution in [0.1, 0.15) is 11.4 Å². The molecule has 0 spiro atoms. The zero-order valence-corrected chi connectivity index (χ0v) is 11.3. The summed E-state index contributed by atoms with van der Waals surface area (Å²) in [7, 11) is 0. The largest absolute Gasteiger partial charge is 0.489 e. The fourth-order valence-electron chi connectivity index (χ4n) is 1.22. The summed E-state index contributed by atoms with van der Waals surface area (Å²) in [6.45, 7) is 0.534. The Labute approximate surface area is 111 Å². The van der Waals surface area contributed by atoms with Crippen LogP contribution >= 0.6 is 15.9 Å². The van der Waals surface area contributed by atoms with Crippen LogP contribution in [0, 0.1) is 6.92 Å². The minimum absolute atomic E-state index is 0.0564. The molecule has 1 aromatic heterocycles. The lowest BCUT2D eigenvalue weighted by molar-refractivity contribution is -0.175. The Morgan fingerprint density at radius 1 is 1.28 bits per heavy atom. The van der Waals surface area contributed by atoms with E-state index in [1.54, 1.807) is 12.1 Å². The summed E-state index contributed by atoms with van der Waals surface area (Å²) >= 11 is 3.27. The first-order valence-corrected chi connectivity index (χ1v) is 6.34. The maximum Gasteiger partial charge on any atom is 0.411 e. The van der Waals surface area contributed by atoms with E-state index in [0.717, 1.165) is 5.69 Å². The number of halogens is 4. The highest BCUT2D eigenvalue weighted by Gasteiger charge is 2.27. The van der Waals surface area contributed by atoms with Crippen molar-refractivity contribution in [2.45, 2.75) is 18.4 Å². The second-order valence-corrected chi connectivity index (χ2v) is 4.11.